The Labute approximate surface area is 148 Å². The van der Waals surface area contributed by atoms with Crippen LogP contribution < -0.4 is 0 Å². The van der Waals surface area contributed by atoms with Gasteiger partial charge in [-0.25, -0.2) is 9.97 Å². The molecule has 0 bridgehead atoms. The summed E-state index contributed by atoms with van der Waals surface area (Å²) >= 11 is 5.52. The summed E-state index contributed by atoms with van der Waals surface area (Å²) in [4.78, 5) is 13.2. The van der Waals surface area contributed by atoms with Gasteiger partial charge in [-0.2, -0.15) is 9.36 Å². The molecule has 3 aromatic heterocycles. The maximum absolute atomic E-state index is 5.52. The molecule has 25 heavy (non-hydrogen) atoms. The van der Waals surface area contributed by atoms with Crippen LogP contribution in [0.15, 0.2) is 60.9 Å². The molecule has 0 aliphatic heterocycles. The summed E-state index contributed by atoms with van der Waals surface area (Å²) in [6, 6.07) is 15.2. The second-order valence-electron chi connectivity index (χ2n) is 5.35. The number of hydrogen-bond acceptors (Lipinski definition) is 6. The van der Waals surface area contributed by atoms with E-state index in [1.54, 1.807) is 17.1 Å². The van der Waals surface area contributed by atoms with E-state index in [0.29, 0.717) is 16.4 Å². The van der Waals surface area contributed by atoms with Crippen molar-refractivity contribution in [2.45, 2.75) is 6.92 Å². The summed E-state index contributed by atoms with van der Waals surface area (Å²) in [7, 11) is 0. The molecule has 0 fully saturated rings. The van der Waals surface area contributed by atoms with Gasteiger partial charge in [0.25, 0.3) is 0 Å². The van der Waals surface area contributed by atoms with Gasteiger partial charge in [0, 0.05) is 29.7 Å². The van der Waals surface area contributed by atoms with E-state index in [9.17, 15) is 0 Å². The predicted molar refractivity (Wildman–Crippen MR) is 95.1 cm³/mol. The van der Waals surface area contributed by atoms with Crippen molar-refractivity contribution >= 4 is 12.2 Å². The third kappa shape index (κ3) is 2.94. The lowest BCUT2D eigenvalue weighted by Crippen LogP contribution is -2.04. The van der Waals surface area contributed by atoms with Gasteiger partial charge in [-0.05, 0) is 53.8 Å². The van der Waals surface area contributed by atoms with Gasteiger partial charge in [-0.1, -0.05) is 18.2 Å². The Kier molecular flexibility index (Phi) is 3.87. The minimum Gasteiger partial charge on any atom is -0.264 e. The molecular formula is C17H13N7S. The second kappa shape index (κ2) is 6.33. The molecule has 0 saturated heterocycles. The van der Waals surface area contributed by atoms with Gasteiger partial charge in [0.1, 0.15) is 0 Å². The average Bonchev–Trinajstić information content (AvgIpc) is 3.04. The topological polar surface area (TPSA) is 74.3 Å². The first-order valence-electron chi connectivity index (χ1n) is 7.59. The molecule has 0 amide bonds. The van der Waals surface area contributed by atoms with Gasteiger partial charge >= 0.3 is 0 Å². The Bertz CT molecular complexity index is 1070. The molecule has 122 valence electrons. The number of aryl methyl sites for hydroxylation is 1. The molecule has 0 spiro atoms. The van der Waals surface area contributed by atoms with Crippen LogP contribution in [0.25, 0.3) is 22.9 Å². The molecular weight excluding hydrogens is 334 g/mol. The van der Waals surface area contributed by atoms with E-state index in [2.05, 4.69) is 25.4 Å². The van der Waals surface area contributed by atoms with E-state index in [1.807, 2.05) is 55.5 Å². The van der Waals surface area contributed by atoms with Crippen molar-refractivity contribution in [3.63, 3.8) is 0 Å². The Morgan fingerprint density at radius 1 is 0.920 bits per heavy atom. The molecule has 0 saturated carbocycles. The minimum absolute atomic E-state index is 0.432. The molecule has 0 unspecified atom stereocenters. The quantitative estimate of drug-likeness (QED) is 0.531. The Morgan fingerprint density at radius 2 is 1.72 bits per heavy atom. The van der Waals surface area contributed by atoms with Gasteiger partial charge in [-0.15, -0.1) is 0 Å². The SMILES string of the molecule is Cc1cc(-n2nnn(-c3ccccc3)c2=S)nc(-c2cccnc2)n1. The Hall–Kier alpha value is -3.26. The van der Waals surface area contributed by atoms with Crippen molar-refractivity contribution in [2.24, 2.45) is 0 Å². The van der Waals surface area contributed by atoms with E-state index >= 15 is 0 Å². The second-order valence-corrected chi connectivity index (χ2v) is 5.72. The standard InChI is InChI=1S/C17H13N7S/c1-12-10-15(20-16(19-12)13-6-5-9-18-11-13)24-17(25)23(21-22-24)14-7-3-2-4-8-14/h2-11H,1H3. The fourth-order valence-corrected chi connectivity index (χ4v) is 2.68. The van der Waals surface area contributed by atoms with Gasteiger partial charge < -0.3 is 0 Å². The first-order chi connectivity index (χ1) is 12.2. The van der Waals surface area contributed by atoms with Gasteiger partial charge in [-0.3, -0.25) is 4.98 Å². The van der Waals surface area contributed by atoms with Crippen LogP contribution in [0.4, 0.5) is 0 Å². The van der Waals surface area contributed by atoms with Gasteiger partial charge in [0.2, 0.25) is 4.77 Å². The number of tetrazole rings is 1. The number of rotatable bonds is 3. The molecule has 8 heteroatoms. The summed E-state index contributed by atoms with van der Waals surface area (Å²) in [5.41, 5.74) is 2.48. The molecule has 0 radical (unpaired) electrons. The van der Waals surface area contributed by atoms with Gasteiger partial charge in [0.05, 0.1) is 5.69 Å². The first-order valence-corrected chi connectivity index (χ1v) is 8.00. The summed E-state index contributed by atoms with van der Waals surface area (Å²) < 4.78 is 3.55. The number of hydrogen-bond donors (Lipinski definition) is 0. The summed E-state index contributed by atoms with van der Waals surface area (Å²) in [6.45, 7) is 1.90. The van der Waals surface area contributed by atoms with Crippen LogP contribution in [0.3, 0.4) is 0 Å². The molecule has 4 aromatic rings. The van der Waals surface area contributed by atoms with E-state index in [-0.39, 0.29) is 0 Å². The van der Waals surface area contributed by atoms with Crippen LogP contribution in [0.1, 0.15) is 5.69 Å². The fourth-order valence-electron chi connectivity index (χ4n) is 2.41. The van der Waals surface area contributed by atoms with E-state index < -0.39 is 0 Å². The number of aromatic nitrogens is 7. The van der Waals surface area contributed by atoms with Crippen molar-refractivity contribution in [1.82, 2.24) is 34.7 Å². The highest BCUT2D eigenvalue weighted by Crippen LogP contribution is 2.16. The zero-order chi connectivity index (χ0) is 17.2. The molecule has 0 aliphatic carbocycles. The average molecular weight is 347 g/mol. The Balaban J connectivity index is 1.83. The fraction of sp³-hybridized carbons (Fsp3) is 0.0588. The molecule has 0 N–H and O–H groups in total. The van der Waals surface area contributed by atoms with E-state index in [1.165, 1.54) is 4.68 Å². The highest BCUT2D eigenvalue weighted by Gasteiger charge is 2.11. The zero-order valence-corrected chi connectivity index (χ0v) is 14.1. The molecule has 0 aliphatic rings. The van der Waals surface area contributed by atoms with Crippen LogP contribution in [-0.2, 0) is 0 Å². The van der Waals surface area contributed by atoms with Crippen LogP contribution in [0.2, 0.25) is 0 Å². The summed E-state index contributed by atoms with van der Waals surface area (Å²) in [5, 5.41) is 8.30. The molecule has 0 atom stereocenters. The third-order valence-corrected chi connectivity index (χ3v) is 3.91. The number of pyridine rings is 1. The molecule has 3 heterocycles. The van der Waals surface area contributed by atoms with Crippen molar-refractivity contribution in [1.29, 1.82) is 0 Å². The lowest BCUT2D eigenvalue weighted by Gasteiger charge is -2.05. The normalized spacial score (nSPS) is 10.8. The Morgan fingerprint density at radius 3 is 2.48 bits per heavy atom. The van der Waals surface area contributed by atoms with Crippen molar-refractivity contribution in [2.75, 3.05) is 0 Å². The van der Waals surface area contributed by atoms with Crippen molar-refractivity contribution in [3.05, 3.63) is 71.4 Å². The third-order valence-electron chi connectivity index (χ3n) is 3.56. The maximum Gasteiger partial charge on any atom is 0.227 e. The highest BCUT2D eigenvalue weighted by molar-refractivity contribution is 7.71. The van der Waals surface area contributed by atoms with Crippen molar-refractivity contribution in [3.8, 4) is 22.9 Å². The van der Waals surface area contributed by atoms with Crippen LogP contribution >= 0.6 is 12.2 Å². The minimum atomic E-state index is 0.432. The first kappa shape index (κ1) is 15.3. The lowest BCUT2D eigenvalue weighted by molar-refractivity contribution is 0.744. The smallest absolute Gasteiger partial charge is 0.227 e. The van der Waals surface area contributed by atoms with Crippen LogP contribution in [0.5, 0.6) is 0 Å². The van der Waals surface area contributed by atoms with E-state index in [0.717, 1.165) is 16.9 Å². The lowest BCUT2D eigenvalue weighted by atomic mass is 10.2. The monoisotopic (exact) mass is 347 g/mol. The highest BCUT2D eigenvalue weighted by atomic mass is 32.1. The number of nitrogens with zero attached hydrogens (tertiary/aromatic N) is 7. The largest absolute Gasteiger partial charge is 0.264 e. The molecule has 4 rings (SSSR count). The predicted octanol–water partition coefficient (Wildman–Crippen LogP) is 2.95. The summed E-state index contributed by atoms with van der Waals surface area (Å²) in [5.74, 6) is 1.14. The van der Waals surface area contributed by atoms with Crippen molar-refractivity contribution < 1.29 is 0 Å². The van der Waals surface area contributed by atoms with Gasteiger partial charge in [0.15, 0.2) is 11.6 Å². The maximum atomic E-state index is 5.52. The van der Waals surface area contributed by atoms with Crippen LogP contribution in [0, 0.1) is 11.7 Å². The summed E-state index contributed by atoms with van der Waals surface area (Å²) in [6.07, 6.45) is 3.43. The molecule has 1 aromatic carbocycles. The van der Waals surface area contributed by atoms with E-state index in [4.69, 9.17) is 12.2 Å². The number of benzene rings is 1. The zero-order valence-electron chi connectivity index (χ0n) is 13.3. The van der Waals surface area contributed by atoms with Crippen LogP contribution in [-0.4, -0.2) is 34.7 Å². The number of para-hydroxylation sites is 1. The molecule has 7 nitrogen and oxygen atoms in total.